The summed E-state index contributed by atoms with van der Waals surface area (Å²) in [6.45, 7) is 11.9. The van der Waals surface area contributed by atoms with E-state index in [1.54, 1.807) is 21.0 Å². The van der Waals surface area contributed by atoms with Gasteiger partial charge < -0.3 is 70.2 Å². The molecule has 3 aromatic carbocycles. The molecular weight excluding hydrogens is 847 g/mol. The van der Waals surface area contributed by atoms with E-state index < -0.39 is 6.97 Å². The predicted octanol–water partition coefficient (Wildman–Crippen LogP) is 7.23. The van der Waals surface area contributed by atoms with Crippen molar-refractivity contribution in [3.63, 3.8) is 0 Å². The maximum atomic E-state index is 16.6. The van der Waals surface area contributed by atoms with E-state index >= 15 is 8.63 Å². The molecule has 0 atom stereocenters. The highest BCUT2D eigenvalue weighted by Crippen LogP contribution is 2.46. The molecule has 5 aliphatic rings. The molecular formula is C50H64BF2N5O8. The van der Waals surface area contributed by atoms with Crippen LogP contribution in [0.1, 0.15) is 36.4 Å². The number of aromatic nitrogens is 1. The monoisotopic (exact) mass is 911 g/mol. The molecule has 66 heavy (non-hydrogen) atoms. The van der Waals surface area contributed by atoms with E-state index in [1.807, 2.05) is 80.6 Å². The summed E-state index contributed by atoms with van der Waals surface area (Å²) in [7, 11) is 1.64. The predicted molar refractivity (Wildman–Crippen MR) is 256 cm³/mol. The maximum Gasteiger partial charge on any atom is 0.737 e. The maximum absolute atomic E-state index is 16.6. The van der Waals surface area contributed by atoms with Crippen molar-refractivity contribution in [1.29, 1.82) is 0 Å². The first kappa shape index (κ1) is 47.1. The van der Waals surface area contributed by atoms with Crippen LogP contribution >= 0.6 is 0 Å². The topological polar surface area (TPSA) is 91.5 Å². The van der Waals surface area contributed by atoms with Gasteiger partial charge in [0.15, 0.2) is 5.70 Å². The highest BCUT2D eigenvalue weighted by atomic mass is 19.2. The number of methoxy groups -OCH3 is 1. The summed E-state index contributed by atoms with van der Waals surface area (Å²) in [5, 5.41) is 0. The number of hydrogen-bond donors (Lipinski definition) is 0. The summed E-state index contributed by atoms with van der Waals surface area (Å²) in [5.41, 5.74) is 7.82. The van der Waals surface area contributed by atoms with Crippen molar-refractivity contribution >= 4 is 35.3 Å². The Kier molecular flexibility index (Phi) is 15.7. The highest BCUT2D eigenvalue weighted by molar-refractivity contribution is 6.58. The van der Waals surface area contributed by atoms with E-state index in [1.165, 1.54) is 8.96 Å². The molecule has 5 aliphatic heterocycles. The molecule has 0 saturated carbocycles. The van der Waals surface area contributed by atoms with Crippen molar-refractivity contribution in [2.24, 2.45) is 0 Å². The van der Waals surface area contributed by atoms with Gasteiger partial charge in [0, 0.05) is 57.6 Å². The second-order valence-corrected chi connectivity index (χ2v) is 16.9. The van der Waals surface area contributed by atoms with Gasteiger partial charge in [0.05, 0.1) is 95.2 Å². The molecule has 1 fully saturated rings. The average molecular weight is 912 g/mol. The van der Waals surface area contributed by atoms with Gasteiger partial charge in [-0.25, -0.2) is 0 Å². The first-order valence-electron chi connectivity index (χ1n) is 23.2. The van der Waals surface area contributed by atoms with Gasteiger partial charge in [-0.2, -0.15) is 0 Å². The van der Waals surface area contributed by atoms with E-state index in [4.69, 9.17) is 37.9 Å². The summed E-state index contributed by atoms with van der Waals surface area (Å²) in [4.78, 5) is 6.69. The van der Waals surface area contributed by atoms with Crippen LogP contribution in [0.2, 0.25) is 0 Å². The molecule has 4 aromatic rings. The van der Waals surface area contributed by atoms with Crippen LogP contribution in [-0.4, -0.2) is 147 Å². The van der Waals surface area contributed by atoms with E-state index in [2.05, 4.69) is 26.8 Å². The second-order valence-electron chi connectivity index (χ2n) is 16.9. The zero-order chi connectivity index (χ0) is 46.0. The van der Waals surface area contributed by atoms with Gasteiger partial charge in [0.25, 0.3) is 0 Å². The number of fused-ring (bicyclic) bond motifs is 22. The summed E-state index contributed by atoms with van der Waals surface area (Å²) in [6, 6.07) is 24.0. The fraction of sp³-hybridized carbons (Fsp3) is 0.460. The van der Waals surface area contributed by atoms with E-state index in [9.17, 15) is 0 Å². The number of hydrogen-bond acceptors (Lipinski definition) is 11. The molecule has 13 nitrogen and oxygen atoms in total. The molecule has 354 valence electrons. The number of benzene rings is 3. The Hall–Kier alpha value is -5.39. The van der Waals surface area contributed by atoms with Crippen LogP contribution in [0.3, 0.4) is 0 Å². The van der Waals surface area contributed by atoms with Gasteiger partial charge in [0.1, 0.15) is 42.8 Å². The van der Waals surface area contributed by atoms with Crippen LogP contribution in [0.15, 0.2) is 90.1 Å². The molecule has 1 aromatic heterocycles. The Morgan fingerprint density at radius 1 is 0.606 bits per heavy atom. The minimum Gasteiger partial charge on any atom is -0.490 e. The number of halogens is 2. The van der Waals surface area contributed by atoms with Crippen LogP contribution in [0.4, 0.5) is 25.7 Å². The van der Waals surface area contributed by atoms with Crippen molar-refractivity contribution in [2.45, 2.75) is 27.7 Å². The number of rotatable bonds is 6. The lowest BCUT2D eigenvalue weighted by Gasteiger charge is -2.34. The highest BCUT2D eigenvalue weighted by Gasteiger charge is 2.55. The van der Waals surface area contributed by atoms with Gasteiger partial charge in [-0.05, 0) is 80.1 Å². The molecule has 9 rings (SSSR count). The lowest BCUT2D eigenvalue weighted by Crippen LogP contribution is -2.51. The molecule has 0 radical (unpaired) electrons. The second kappa shape index (κ2) is 21.9. The Morgan fingerprint density at radius 3 is 1.67 bits per heavy atom. The first-order chi connectivity index (χ1) is 32.2. The number of anilines is 3. The van der Waals surface area contributed by atoms with Crippen molar-refractivity contribution in [2.75, 3.05) is 140 Å². The Bertz CT molecular complexity index is 2310. The lowest BCUT2D eigenvalue weighted by atomic mass is 9.83. The van der Waals surface area contributed by atoms with Gasteiger partial charge in [0.2, 0.25) is 0 Å². The number of aryl methyl sites for hydroxylation is 2. The van der Waals surface area contributed by atoms with Crippen LogP contribution in [0.5, 0.6) is 17.2 Å². The van der Waals surface area contributed by atoms with Gasteiger partial charge in [-0.15, -0.1) is 0 Å². The Labute approximate surface area is 387 Å². The molecule has 0 amide bonds. The van der Waals surface area contributed by atoms with Crippen LogP contribution < -0.4 is 28.9 Å². The summed E-state index contributed by atoms with van der Waals surface area (Å²) in [5.74, 6) is 2.08. The minimum absolute atomic E-state index is 0.278. The van der Waals surface area contributed by atoms with Gasteiger partial charge in [-0.3, -0.25) is 0 Å². The van der Waals surface area contributed by atoms with E-state index in [0.29, 0.717) is 140 Å². The number of allylic oxidation sites excluding steroid dienone is 2. The first-order valence-corrected chi connectivity index (χ1v) is 23.2. The fourth-order valence-corrected chi connectivity index (χ4v) is 9.47. The third-order valence-electron chi connectivity index (χ3n) is 12.5. The standard InChI is InChI=1S/C50H64BF2N5O8/c1-37-34-39(3)57-49(37)48(50-38(2)35-40(4)58(50)51(57,52)53)41-14-15-44(47(36-41)66-33-28-59-5)56-20-26-64-45-12-8-6-10-42(45)54-16-22-60-29-31-62-24-18-55(19-25-63-32-30-61-23-17-54)43-11-7-9-13-46(43)65-27-21-56/h6-15,34-36H,16-33H2,1-5H3. The average Bonchev–Trinajstić information content (AvgIpc) is 3.79. The number of ether oxygens (including phenoxy) is 8. The summed E-state index contributed by atoms with van der Waals surface area (Å²) in [6.07, 6.45) is 1.85. The number of nitrogens with zero attached hydrogens (tertiary/aromatic N) is 5. The smallest absolute Gasteiger partial charge is 0.490 e. The molecule has 0 aliphatic carbocycles. The molecule has 2 bridgehead atoms. The largest absolute Gasteiger partial charge is 0.737 e. The zero-order valence-corrected chi connectivity index (χ0v) is 39.1. The SMILES string of the molecule is COCCOc1cc(C2=C3C(C)=CC(C)=[N+]3[B-](F)(F)n3c(C)cc(C)c32)ccc1N1CCOc2ccccc2N2CCOCCOCCN(CCOCCOCC2)c2ccccc2OCC1. The molecule has 1 saturated heterocycles. The molecule has 16 heteroatoms. The number of para-hydroxylation sites is 4. The van der Waals surface area contributed by atoms with Crippen LogP contribution in [0, 0.1) is 13.8 Å². The third kappa shape index (κ3) is 10.4. The fourth-order valence-electron chi connectivity index (χ4n) is 9.47. The quantitative estimate of drug-likeness (QED) is 0.112. The van der Waals surface area contributed by atoms with Crippen molar-refractivity contribution in [3.8, 4) is 17.2 Å². The normalized spacial score (nSPS) is 19.3. The third-order valence-corrected chi connectivity index (χ3v) is 12.5. The summed E-state index contributed by atoms with van der Waals surface area (Å²) < 4.78 is 85.4. The zero-order valence-electron chi connectivity index (χ0n) is 39.1. The van der Waals surface area contributed by atoms with E-state index in [0.717, 1.165) is 50.8 Å². The van der Waals surface area contributed by atoms with Crippen molar-refractivity contribution in [1.82, 2.24) is 4.48 Å². The minimum atomic E-state index is -4.13. The van der Waals surface area contributed by atoms with Crippen molar-refractivity contribution < 1.29 is 51.0 Å². The Balaban J connectivity index is 1.19. The van der Waals surface area contributed by atoms with Crippen LogP contribution in [0.25, 0.3) is 5.57 Å². The van der Waals surface area contributed by atoms with Gasteiger partial charge in [-0.1, -0.05) is 30.3 Å². The van der Waals surface area contributed by atoms with Gasteiger partial charge >= 0.3 is 6.97 Å². The molecule has 0 spiro atoms. The molecule has 0 N–H and O–H groups in total. The molecule has 0 unspecified atom stereocenters. The van der Waals surface area contributed by atoms with Crippen LogP contribution in [-0.2, 0) is 23.7 Å². The lowest BCUT2D eigenvalue weighted by molar-refractivity contribution is -0.363. The summed E-state index contributed by atoms with van der Waals surface area (Å²) >= 11 is 0. The molecule has 6 heterocycles. The van der Waals surface area contributed by atoms with E-state index in [-0.39, 0.29) is 6.61 Å². The Morgan fingerprint density at radius 2 is 1.12 bits per heavy atom. The van der Waals surface area contributed by atoms with Crippen molar-refractivity contribution in [3.05, 3.63) is 113 Å².